The normalized spacial score (nSPS) is 12.2. The molecule has 0 aliphatic rings. The molecule has 0 atom stereocenters. The van der Waals surface area contributed by atoms with E-state index in [1.54, 1.807) is 42.5 Å². The van der Waals surface area contributed by atoms with Gasteiger partial charge in [0.2, 0.25) is 0 Å². The number of hydrazone groups is 1. The monoisotopic (exact) mass is 503 g/mol. The van der Waals surface area contributed by atoms with Gasteiger partial charge < -0.3 is 0 Å². The van der Waals surface area contributed by atoms with Gasteiger partial charge in [0.05, 0.1) is 22.4 Å². The number of benzene rings is 3. The molecule has 3 aromatic rings. The number of halogens is 3. The number of hydrogen-bond donors (Lipinski definition) is 1. The molecule has 0 spiro atoms. The van der Waals surface area contributed by atoms with Crippen molar-refractivity contribution < 1.29 is 26.4 Å². The topological polar surface area (TPSA) is 78.8 Å². The Kier molecular flexibility index (Phi) is 7.96. The van der Waals surface area contributed by atoms with Crippen LogP contribution in [0.5, 0.6) is 0 Å². The number of anilines is 1. The van der Waals surface area contributed by atoms with Crippen LogP contribution in [0.4, 0.5) is 18.9 Å². The SMILES string of the molecule is CC(C)c1ccc(N(CC(=O)NN=Cc2cccc(C(F)(F)F)c2)S(=O)(=O)c2ccccc2)cc1. The lowest BCUT2D eigenvalue weighted by Crippen LogP contribution is -2.39. The molecule has 10 heteroatoms. The summed E-state index contributed by atoms with van der Waals surface area (Å²) in [4.78, 5) is 12.6. The second-order valence-electron chi connectivity index (χ2n) is 7.99. The Morgan fingerprint density at radius 3 is 2.26 bits per heavy atom. The Bertz CT molecular complexity index is 1290. The van der Waals surface area contributed by atoms with Crippen LogP contribution in [0.3, 0.4) is 0 Å². The number of sulfonamides is 1. The van der Waals surface area contributed by atoms with E-state index in [0.29, 0.717) is 0 Å². The molecule has 0 saturated heterocycles. The summed E-state index contributed by atoms with van der Waals surface area (Å²) in [6.45, 7) is 3.42. The van der Waals surface area contributed by atoms with Crippen molar-refractivity contribution in [3.8, 4) is 0 Å². The molecular formula is C25H24F3N3O3S. The van der Waals surface area contributed by atoms with Gasteiger partial charge in [-0.05, 0) is 53.4 Å². The van der Waals surface area contributed by atoms with Crippen LogP contribution in [0.25, 0.3) is 0 Å². The van der Waals surface area contributed by atoms with Gasteiger partial charge in [-0.25, -0.2) is 13.8 Å². The number of carbonyl (C=O) groups excluding carboxylic acids is 1. The predicted octanol–water partition coefficient (Wildman–Crippen LogP) is 5.17. The molecule has 0 radical (unpaired) electrons. The maximum atomic E-state index is 13.3. The maximum absolute atomic E-state index is 13.3. The summed E-state index contributed by atoms with van der Waals surface area (Å²) in [6.07, 6.45) is -3.45. The zero-order valence-corrected chi connectivity index (χ0v) is 19.8. The molecule has 0 saturated carbocycles. The van der Waals surface area contributed by atoms with Crippen molar-refractivity contribution >= 4 is 27.8 Å². The summed E-state index contributed by atoms with van der Waals surface area (Å²) in [5.74, 6) is -0.530. The lowest BCUT2D eigenvalue weighted by atomic mass is 10.0. The summed E-state index contributed by atoms with van der Waals surface area (Å²) in [5.41, 5.74) is 2.75. The van der Waals surface area contributed by atoms with Crippen molar-refractivity contribution in [3.05, 3.63) is 95.6 Å². The molecule has 0 heterocycles. The number of amides is 1. The lowest BCUT2D eigenvalue weighted by Gasteiger charge is -2.24. The second kappa shape index (κ2) is 10.7. The first-order valence-corrected chi connectivity index (χ1v) is 12.1. The van der Waals surface area contributed by atoms with Gasteiger partial charge in [-0.15, -0.1) is 0 Å². The minimum absolute atomic E-state index is 0.00760. The molecule has 0 bridgehead atoms. The van der Waals surface area contributed by atoms with Crippen LogP contribution in [0.2, 0.25) is 0 Å². The van der Waals surface area contributed by atoms with E-state index in [1.165, 1.54) is 24.3 Å². The predicted molar refractivity (Wildman–Crippen MR) is 129 cm³/mol. The van der Waals surface area contributed by atoms with Gasteiger partial charge in [0.25, 0.3) is 15.9 Å². The quantitative estimate of drug-likeness (QED) is 0.340. The third-order valence-electron chi connectivity index (χ3n) is 5.08. The maximum Gasteiger partial charge on any atom is 0.416 e. The fourth-order valence-corrected chi connectivity index (χ4v) is 4.64. The fourth-order valence-electron chi connectivity index (χ4n) is 3.20. The van der Waals surface area contributed by atoms with Crippen LogP contribution < -0.4 is 9.73 Å². The molecular weight excluding hydrogens is 479 g/mol. The van der Waals surface area contributed by atoms with E-state index in [-0.39, 0.29) is 22.1 Å². The lowest BCUT2D eigenvalue weighted by molar-refractivity contribution is -0.137. The Balaban J connectivity index is 1.82. The summed E-state index contributed by atoms with van der Waals surface area (Å²) < 4.78 is 66.2. The Morgan fingerprint density at radius 1 is 1.00 bits per heavy atom. The highest BCUT2D eigenvalue weighted by atomic mass is 32.2. The van der Waals surface area contributed by atoms with Crippen molar-refractivity contribution in [2.24, 2.45) is 5.10 Å². The second-order valence-corrected chi connectivity index (χ2v) is 9.85. The third-order valence-corrected chi connectivity index (χ3v) is 6.87. The molecule has 3 aromatic carbocycles. The van der Waals surface area contributed by atoms with Gasteiger partial charge in [0.15, 0.2) is 0 Å². The van der Waals surface area contributed by atoms with E-state index in [1.807, 2.05) is 13.8 Å². The van der Waals surface area contributed by atoms with Gasteiger partial charge in [-0.3, -0.25) is 9.10 Å². The first kappa shape index (κ1) is 26.0. The highest BCUT2D eigenvalue weighted by Gasteiger charge is 2.30. The standard InChI is InChI=1S/C25H24F3N3O3S/c1-18(2)20-11-13-22(14-12-20)31(35(33,34)23-9-4-3-5-10-23)17-24(32)30-29-16-19-7-6-8-21(15-19)25(26,27)28/h3-16,18H,17H2,1-2H3,(H,30,32). The molecule has 1 amide bonds. The van der Waals surface area contributed by atoms with E-state index in [9.17, 15) is 26.4 Å². The molecule has 184 valence electrons. The minimum Gasteiger partial charge on any atom is -0.271 e. The third kappa shape index (κ3) is 6.69. The minimum atomic E-state index is -4.51. The van der Waals surface area contributed by atoms with E-state index in [2.05, 4.69) is 10.5 Å². The van der Waals surface area contributed by atoms with Gasteiger partial charge >= 0.3 is 6.18 Å². The van der Waals surface area contributed by atoms with Crippen LogP contribution in [-0.4, -0.2) is 27.1 Å². The molecule has 0 aliphatic carbocycles. The zero-order chi connectivity index (χ0) is 25.6. The van der Waals surface area contributed by atoms with Crippen LogP contribution in [-0.2, 0) is 21.0 Å². The molecule has 0 aliphatic heterocycles. The number of nitrogens with one attached hydrogen (secondary N) is 1. The smallest absolute Gasteiger partial charge is 0.271 e. The van der Waals surface area contributed by atoms with Gasteiger partial charge in [-0.1, -0.05) is 56.3 Å². The number of alkyl halides is 3. The number of carbonyl (C=O) groups is 1. The molecule has 3 rings (SSSR count). The van der Waals surface area contributed by atoms with E-state index >= 15 is 0 Å². The van der Waals surface area contributed by atoms with Gasteiger partial charge in [-0.2, -0.15) is 18.3 Å². The van der Waals surface area contributed by atoms with Gasteiger partial charge in [0.1, 0.15) is 6.54 Å². The van der Waals surface area contributed by atoms with Crippen LogP contribution in [0.15, 0.2) is 88.9 Å². The largest absolute Gasteiger partial charge is 0.416 e. The summed E-state index contributed by atoms with van der Waals surface area (Å²) in [5, 5.41) is 3.69. The molecule has 1 N–H and O–H groups in total. The number of hydrogen-bond acceptors (Lipinski definition) is 4. The van der Waals surface area contributed by atoms with Crippen molar-refractivity contribution in [1.82, 2.24) is 5.43 Å². The van der Waals surface area contributed by atoms with Crippen molar-refractivity contribution in [2.45, 2.75) is 30.8 Å². The van der Waals surface area contributed by atoms with Crippen molar-refractivity contribution in [3.63, 3.8) is 0 Å². The van der Waals surface area contributed by atoms with Crippen LogP contribution in [0.1, 0.15) is 36.5 Å². The first-order chi connectivity index (χ1) is 16.5. The first-order valence-electron chi connectivity index (χ1n) is 10.7. The molecule has 6 nitrogen and oxygen atoms in total. The number of rotatable bonds is 8. The average molecular weight is 504 g/mol. The highest BCUT2D eigenvalue weighted by molar-refractivity contribution is 7.92. The fraction of sp³-hybridized carbons (Fsp3) is 0.200. The van der Waals surface area contributed by atoms with Crippen LogP contribution in [0, 0.1) is 0 Å². The average Bonchev–Trinajstić information content (AvgIpc) is 2.83. The summed E-state index contributed by atoms with van der Waals surface area (Å²) in [6, 6.07) is 18.9. The van der Waals surface area contributed by atoms with Crippen molar-refractivity contribution in [2.75, 3.05) is 10.8 Å². The van der Waals surface area contributed by atoms with E-state index < -0.39 is 34.2 Å². The Morgan fingerprint density at radius 2 is 1.66 bits per heavy atom. The molecule has 0 fully saturated rings. The number of nitrogens with zero attached hydrogens (tertiary/aromatic N) is 2. The molecule has 0 aromatic heterocycles. The Hall–Kier alpha value is -3.66. The Labute approximate surface area is 202 Å². The molecule has 35 heavy (non-hydrogen) atoms. The highest BCUT2D eigenvalue weighted by Crippen LogP contribution is 2.29. The zero-order valence-electron chi connectivity index (χ0n) is 19.0. The van der Waals surface area contributed by atoms with Gasteiger partial charge in [0, 0.05) is 0 Å². The van der Waals surface area contributed by atoms with Crippen molar-refractivity contribution in [1.29, 1.82) is 0 Å². The van der Waals surface area contributed by atoms with Crippen LogP contribution >= 0.6 is 0 Å². The summed E-state index contributed by atoms with van der Waals surface area (Å²) >= 11 is 0. The molecule has 0 unspecified atom stereocenters. The summed E-state index contributed by atoms with van der Waals surface area (Å²) in [7, 11) is -4.09. The van der Waals surface area contributed by atoms with E-state index in [4.69, 9.17) is 0 Å². The van der Waals surface area contributed by atoms with E-state index in [0.717, 1.165) is 28.2 Å².